The van der Waals surface area contributed by atoms with Gasteiger partial charge in [-0.2, -0.15) is 0 Å². The molecule has 0 aromatic heterocycles. The molecule has 0 heteroatoms. The predicted octanol–water partition coefficient (Wildman–Crippen LogP) is 6.98. The minimum absolute atomic E-state index is 0.786. The largest absolute Gasteiger partial charge is 0.0628 e. The van der Waals surface area contributed by atoms with Gasteiger partial charge in [0.1, 0.15) is 0 Å². The monoisotopic (exact) mass is 278 g/mol. The van der Waals surface area contributed by atoms with Gasteiger partial charge in [0.05, 0.1) is 0 Å². The predicted molar refractivity (Wildman–Crippen MR) is 89.9 cm³/mol. The van der Waals surface area contributed by atoms with E-state index >= 15 is 0 Å². The Morgan fingerprint density at radius 1 is 0.850 bits per heavy atom. The lowest BCUT2D eigenvalue weighted by Gasteiger charge is -2.38. The SMILES string of the molecule is CC(C)CCCCC(C)CC1(C2CCCC2)CCCC1. The zero-order valence-electron chi connectivity index (χ0n) is 14.4. The van der Waals surface area contributed by atoms with Crippen LogP contribution in [0.4, 0.5) is 0 Å². The molecule has 20 heavy (non-hydrogen) atoms. The van der Waals surface area contributed by atoms with Crippen molar-refractivity contribution in [2.45, 2.75) is 104 Å². The van der Waals surface area contributed by atoms with Gasteiger partial charge in [0.15, 0.2) is 0 Å². The van der Waals surface area contributed by atoms with Crippen molar-refractivity contribution in [1.29, 1.82) is 0 Å². The summed E-state index contributed by atoms with van der Waals surface area (Å²) in [6.45, 7) is 7.26. The lowest BCUT2D eigenvalue weighted by Crippen LogP contribution is -2.28. The second kappa shape index (κ2) is 7.85. The minimum atomic E-state index is 0.786. The van der Waals surface area contributed by atoms with E-state index in [1.54, 1.807) is 32.1 Å². The van der Waals surface area contributed by atoms with Crippen LogP contribution in [0.5, 0.6) is 0 Å². The lowest BCUT2D eigenvalue weighted by molar-refractivity contribution is 0.124. The summed E-state index contributed by atoms with van der Waals surface area (Å²) in [6.07, 6.45) is 19.7. The fourth-order valence-corrected chi connectivity index (χ4v) is 5.24. The van der Waals surface area contributed by atoms with Crippen molar-refractivity contribution in [3.8, 4) is 0 Å². The maximum absolute atomic E-state index is 2.55. The van der Waals surface area contributed by atoms with Crippen molar-refractivity contribution in [1.82, 2.24) is 0 Å². The fourth-order valence-electron chi connectivity index (χ4n) is 5.24. The average molecular weight is 279 g/mol. The highest BCUT2D eigenvalue weighted by molar-refractivity contribution is 4.93. The van der Waals surface area contributed by atoms with E-state index in [1.165, 1.54) is 51.4 Å². The van der Waals surface area contributed by atoms with Gasteiger partial charge in [-0.25, -0.2) is 0 Å². The Morgan fingerprint density at radius 3 is 2.05 bits per heavy atom. The van der Waals surface area contributed by atoms with Crippen molar-refractivity contribution >= 4 is 0 Å². The van der Waals surface area contributed by atoms with Gasteiger partial charge in [0, 0.05) is 0 Å². The fraction of sp³-hybridized carbons (Fsp3) is 1.00. The first-order chi connectivity index (χ1) is 9.62. The molecule has 2 aliphatic rings. The van der Waals surface area contributed by atoms with Crippen molar-refractivity contribution < 1.29 is 0 Å². The Balaban J connectivity index is 1.76. The molecule has 0 heterocycles. The molecule has 2 rings (SSSR count). The third kappa shape index (κ3) is 4.50. The van der Waals surface area contributed by atoms with Gasteiger partial charge < -0.3 is 0 Å². The molecule has 0 spiro atoms. The van der Waals surface area contributed by atoms with Gasteiger partial charge in [0.2, 0.25) is 0 Å². The Bertz CT molecular complexity index is 253. The smallest absolute Gasteiger partial charge is 0.0267 e. The third-order valence-electron chi connectivity index (χ3n) is 6.30. The van der Waals surface area contributed by atoms with Crippen LogP contribution in [0.1, 0.15) is 104 Å². The lowest BCUT2D eigenvalue weighted by atomic mass is 9.67. The first-order valence-corrected chi connectivity index (χ1v) is 9.62. The first-order valence-electron chi connectivity index (χ1n) is 9.62. The molecule has 0 aliphatic heterocycles. The summed E-state index contributed by atoms with van der Waals surface area (Å²) in [5, 5.41) is 0. The molecule has 0 aromatic carbocycles. The topological polar surface area (TPSA) is 0 Å². The van der Waals surface area contributed by atoms with Gasteiger partial charge in [0.25, 0.3) is 0 Å². The van der Waals surface area contributed by atoms with Crippen LogP contribution >= 0.6 is 0 Å². The van der Waals surface area contributed by atoms with Gasteiger partial charge in [-0.05, 0) is 55.3 Å². The van der Waals surface area contributed by atoms with E-state index in [1.807, 2.05) is 0 Å². The molecular formula is C20H38. The summed E-state index contributed by atoms with van der Waals surface area (Å²) >= 11 is 0. The van der Waals surface area contributed by atoms with Crippen molar-refractivity contribution in [3.63, 3.8) is 0 Å². The third-order valence-corrected chi connectivity index (χ3v) is 6.30. The maximum Gasteiger partial charge on any atom is -0.0267 e. The summed E-state index contributed by atoms with van der Waals surface area (Å²) in [7, 11) is 0. The standard InChI is InChI=1S/C20H38/c1-17(2)10-4-5-11-18(3)16-20(14-8-9-15-20)19-12-6-7-13-19/h17-19H,4-16H2,1-3H3. The summed E-state index contributed by atoms with van der Waals surface area (Å²) < 4.78 is 0. The molecule has 0 N–H and O–H groups in total. The number of hydrogen-bond donors (Lipinski definition) is 0. The normalized spacial score (nSPS) is 24.6. The van der Waals surface area contributed by atoms with E-state index < -0.39 is 0 Å². The Hall–Kier alpha value is 0. The van der Waals surface area contributed by atoms with Crippen LogP contribution in [-0.2, 0) is 0 Å². The minimum Gasteiger partial charge on any atom is -0.0628 e. The van der Waals surface area contributed by atoms with E-state index in [-0.39, 0.29) is 0 Å². The zero-order valence-corrected chi connectivity index (χ0v) is 14.4. The maximum atomic E-state index is 2.55. The zero-order chi connectivity index (χ0) is 14.4. The van der Waals surface area contributed by atoms with Gasteiger partial charge in [-0.15, -0.1) is 0 Å². The van der Waals surface area contributed by atoms with E-state index in [0.29, 0.717) is 0 Å². The molecule has 0 radical (unpaired) electrons. The van der Waals surface area contributed by atoms with E-state index in [9.17, 15) is 0 Å². The summed E-state index contributed by atoms with van der Waals surface area (Å²) in [6, 6.07) is 0. The first kappa shape index (κ1) is 16.4. The molecule has 2 saturated carbocycles. The Kier molecular flexibility index (Phi) is 6.43. The molecule has 0 saturated heterocycles. The van der Waals surface area contributed by atoms with E-state index in [4.69, 9.17) is 0 Å². The van der Waals surface area contributed by atoms with Gasteiger partial charge >= 0.3 is 0 Å². The second-order valence-corrected chi connectivity index (χ2v) is 8.54. The van der Waals surface area contributed by atoms with Gasteiger partial charge in [-0.1, -0.05) is 72.1 Å². The van der Waals surface area contributed by atoms with Crippen LogP contribution in [0.15, 0.2) is 0 Å². The second-order valence-electron chi connectivity index (χ2n) is 8.54. The van der Waals surface area contributed by atoms with Crippen LogP contribution in [0.25, 0.3) is 0 Å². The van der Waals surface area contributed by atoms with Crippen molar-refractivity contribution in [2.75, 3.05) is 0 Å². The summed E-state index contributed by atoms with van der Waals surface area (Å²) in [4.78, 5) is 0. The Labute approximate surface area is 128 Å². The number of unbranched alkanes of at least 4 members (excludes halogenated alkanes) is 1. The number of hydrogen-bond acceptors (Lipinski definition) is 0. The molecule has 118 valence electrons. The molecule has 0 bridgehead atoms. The van der Waals surface area contributed by atoms with E-state index in [2.05, 4.69) is 20.8 Å². The molecule has 1 atom stereocenters. The highest BCUT2D eigenvalue weighted by Gasteiger charge is 2.42. The molecule has 2 fully saturated rings. The quantitative estimate of drug-likeness (QED) is 0.420. The van der Waals surface area contributed by atoms with Crippen LogP contribution in [-0.4, -0.2) is 0 Å². The molecule has 2 aliphatic carbocycles. The molecule has 0 amide bonds. The summed E-state index contributed by atoms with van der Waals surface area (Å²) in [5.41, 5.74) is 0.786. The molecular weight excluding hydrogens is 240 g/mol. The van der Waals surface area contributed by atoms with Crippen LogP contribution < -0.4 is 0 Å². The summed E-state index contributed by atoms with van der Waals surface area (Å²) in [5.74, 6) is 2.97. The van der Waals surface area contributed by atoms with Crippen molar-refractivity contribution in [3.05, 3.63) is 0 Å². The molecule has 0 aromatic rings. The number of rotatable bonds is 8. The highest BCUT2D eigenvalue weighted by atomic mass is 14.5. The Morgan fingerprint density at radius 2 is 1.45 bits per heavy atom. The van der Waals surface area contributed by atoms with Crippen molar-refractivity contribution in [2.24, 2.45) is 23.2 Å². The van der Waals surface area contributed by atoms with E-state index in [0.717, 1.165) is 23.2 Å². The average Bonchev–Trinajstić information content (AvgIpc) is 3.05. The van der Waals surface area contributed by atoms with Crippen LogP contribution in [0.3, 0.4) is 0 Å². The highest BCUT2D eigenvalue weighted by Crippen LogP contribution is 2.54. The van der Waals surface area contributed by atoms with Gasteiger partial charge in [-0.3, -0.25) is 0 Å². The molecule has 1 unspecified atom stereocenters. The van der Waals surface area contributed by atoms with Crippen LogP contribution in [0.2, 0.25) is 0 Å². The van der Waals surface area contributed by atoms with Crippen LogP contribution in [0, 0.1) is 23.2 Å². The molecule has 0 nitrogen and oxygen atoms in total.